The lowest BCUT2D eigenvalue weighted by Gasteiger charge is -2.16. The van der Waals surface area contributed by atoms with Crippen LogP contribution >= 0.6 is 0 Å². The van der Waals surface area contributed by atoms with Crippen molar-refractivity contribution in [2.75, 3.05) is 0 Å². The minimum Gasteiger partial charge on any atom is -0.310 e. The van der Waals surface area contributed by atoms with Gasteiger partial charge in [0.05, 0.1) is 0 Å². The average molecular weight is 219 g/mol. The van der Waals surface area contributed by atoms with Crippen LogP contribution in [0.3, 0.4) is 0 Å². The molecule has 0 fully saturated rings. The summed E-state index contributed by atoms with van der Waals surface area (Å²) in [6.45, 7) is 9.98. The zero-order chi connectivity index (χ0) is 12.0. The first kappa shape index (κ1) is 13.2. The Morgan fingerprint density at radius 1 is 1.00 bits per heavy atom. The van der Waals surface area contributed by atoms with Gasteiger partial charge in [0.1, 0.15) is 0 Å². The highest BCUT2D eigenvalue weighted by Gasteiger charge is 2.03. The topological polar surface area (TPSA) is 12.0 Å². The Morgan fingerprint density at radius 2 is 1.56 bits per heavy atom. The van der Waals surface area contributed by atoms with Gasteiger partial charge in [-0.15, -0.1) is 0 Å². The van der Waals surface area contributed by atoms with Crippen LogP contribution in [0.2, 0.25) is 0 Å². The van der Waals surface area contributed by atoms with E-state index in [0.717, 1.165) is 18.9 Å². The molecule has 1 aromatic rings. The van der Waals surface area contributed by atoms with Crippen LogP contribution in [0.5, 0.6) is 0 Å². The van der Waals surface area contributed by atoms with Crippen LogP contribution in [0, 0.1) is 5.92 Å². The molecule has 0 spiro atoms. The molecular formula is C15H25N. The van der Waals surface area contributed by atoms with Crippen molar-refractivity contribution in [3.05, 3.63) is 35.4 Å². The van der Waals surface area contributed by atoms with Crippen LogP contribution < -0.4 is 5.32 Å². The molecule has 0 unspecified atom stereocenters. The molecule has 0 saturated carbocycles. The van der Waals surface area contributed by atoms with E-state index in [1.54, 1.807) is 0 Å². The minimum absolute atomic E-state index is 0.603. The largest absolute Gasteiger partial charge is 0.310 e. The van der Waals surface area contributed by atoms with Crippen molar-refractivity contribution in [3.8, 4) is 0 Å². The second kappa shape index (κ2) is 6.70. The molecule has 1 atom stereocenters. The van der Waals surface area contributed by atoms with E-state index < -0.39 is 0 Å². The number of hydrogen-bond acceptors (Lipinski definition) is 1. The Kier molecular flexibility index (Phi) is 5.54. The van der Waals surface area contributed by atoms with E-state index in [1.807, 2.05) is 0 Å². The van der Waals surface area contributed by atoms with E-state index in [0.29, 0.717) is 6.04 Å². The first-order chi connectivity index (χ1) is 7.61. The molecule has 16 heavy (non-hydrogen) atoms. The van der Waals surface area contributed by atoms with Gasteiger partial charge < -0.3 is 5.32 Å². The molecule has 1 aromatic carbocycles. The predicted octanol–water partition coefficient (Wildman–Crippen LogP) is 3.77. The van der Waals surface area contributed by atoms with Gasteiger partial charge in [0.15, 0.2) is 0 Å². The van der Waals surface area contributed by atoms with E-state index in [2.05, 4.69) is 57.3 Å². The van der Waals surface area contributed by atoms with E-state index >= 15 is 0 Å². The zero-order valence-electron chi connectivity index (χ0n) is 11.1. The lowest BCUT2D eigenvalue weighted by molar-refractivity contribution is 0.441. The molecule has 0 heterocycles. The van der Waals surface area contributed by atoms with Crippen LogP contribution in [-0.4, -0.2) is 6.04 Å². The fourth-order valence-corrected chi connectivity index (χ4v) is 1.98. The Labute approximate surface area is 100 Å². The summed E-state index contributed by atoms with van der Waals surface area (Å²) in [5.41, 5.74) is 2.80. The molecule has 1 N–H and O–H groups in total. The van der Waals surface area contributed by atoms with Gasteiger partial charge in [-0.05, 0) is 36.8 Å². The second-order valence-corrected chi connectivity index (χ2v) is 5.08. The van der Waals surface area contributed by atoms with Crippen molar-refractivity contribution in [2.24, 2.45) is 5.92 Å². The first-order valence-corrected chi connectivity index (χ1v) is 6.43. The van der Waals surface area contributed by atoms with Gasteiger partial charge in [-0.1, -0.05) is 45.0 Å². The van der Waals surface area contributed by atoms with Gasteiger partial charge in [-0.25, -0.2) is 0 Å². The SMILES string of the molecule is CCc1ccc(CN[C@@H](C)CC(C)C)cc1. The van der Waals surface area contributed by atoms with Gasteiger partial charge in [0.2, 0.25) is 0 Å². The molecule has 0 aromatic heterocycles. The maximum absolute atomic E-state index is 3.57. The predicted molar refractivity (Wildman–Crippen MR) is 71.6 cm³/mol. The first-order valence-electron chi connectivity index (χ1n) is 6.43. The minimum atomic E-state index is 0.603. The number of rotatable bonds is 6. The van der Waals surface area contributed by atoms with Crippen LogP contribution in [0.1, 0.15) is 45.2 Å². The van der Waals surface area contributed by atoms with E-state index in [4.69, 9.17) is 0 Å². The molecule has 1 nitrogen and oxygen atoms in total. The third-order valence-electron chi connectivity index (χ3n) is 2.91. The number of hydrogen-bond donors (Lipinski definition) is 1. The van der Waals surface area contributed by atoms with Crippen LogP contribution in [0.15, 0.2) is 24.3 Å². The molecule has 0 aliphatic heterocycles. The fourth-order valence-electron chi connectivity index (χ4n) is 1.98. The molecular weight excluding hydrogens is 194 g/mol. The normalized spacial score (nSPS) is 13.1. The summed E-state index contributed by atoms with van der Waals surface area (Å²) in [5, 5.41) is 3.57. The van der Waals surface area contributed by atoms with Crippen molar-refractivity contribution in [3.63, 3.8) is 0 Å². The Balaban J connectivity index is 2.36. The summed E-state index contributed by atoms with van der Waals surface area (Å²) < 4.78 is 0. The van der Waals surface area contributed by atoms with Crippen molar-refractivity contribution in [1.82, 2.24) is 5.32 Å². The monoisotopic (exact) mass is 219 g/mol. The molecule has 1 heteroatoms. The fraction of sp³-hybridized carbons (Fsp3) is 0.600. The maximum Gasteiger partial charge on any atom is 0.0207 e. The second-order valence-electron chi connectivity index (χ2n) is 5.08. The maximum atomic E-state index is 3.57. The summed E-state index contributed by atoms with van der Waals surface area (Å²) in [4.78, 5) is 0. The third kappa shape index (κ3) is 4.80. The van der Waals surface area contributed by atoms with Gasteiger partial charge in [-0.3, -0.25) is 0 Å². The van der Waals surface area contributed by atoms with Gasteiger partial charge in [-0.2, -0.15) is 0 Å². The van der Waals surface area contributed by atoms with Crippen molar-refractivity contribution < 1.29 is 0 Å². The van der Waals surface area contributed by atoms with Crippen LogP contribution in [0.4, 0.5) is 0 Å². The lowest BCUT2D eigenvalue weighted by atomic mass is 10.0. The molecule has 90 valence electrons. The molecule has 0 aliphatic rings. The highest BCUT2D eigenvalue weighted by molar-refractivity contribution is 5.22. The van der Waals surface area contributed by atoms with Gasteiger partial charge in [0, 0.05) is 12.6 Å². The molecule has 0 saturated heterocycles. The van der Waals surface area contributed by atoms with Crippen molar-refractivity contribution in [1.29, 1.82) is 0 Å². The Bertz CT molecular complexity index is 287. The zero-order valence-corrected chi connectivity index (χ0v) is 11.1. The van der Waals surface area contributed by atoms with Gasteiger partial charge >= 0.3 is 0 Å². The number of aryl methyl sites for hydroxylation is 1. The summed E-state index contributed by atoms with van der Waals surface area (Å²) in [5.74, 6) is 0.768. The average Bonchev–Trinajstić information content (AvgIpc) is 2.26. The molecule has 1 rings (SSSR count). The number of nitrogens with one attached hydrogen (secondary N) is 1. The van der Waals surface area contributed by atoms with Crippen molar-refractivity contribution >= 4 is 0 Å². The smallest absolute Gasteiger partial charge is 0.0207 e. The standard InChI is InChI=1S/C15H25N/c1-5-14-6-8-15(9-7-14)11-16-13(4)10-12(2)3/h6-9,12-13,16H,5,10-11H2,1-4H3/t13-/m0/s1. The Morgan fingerprint density at radius 3 is 2.06 bits per heavy atom. The van der Waals surface area contributed by atoms with Crippen molar-refractivity contribution in [2.45, 2.75) is 53.1 Å². The highest BCUT2D eigenvalue weighted by atomic mass is 14.9. The van der Waals surface area contributed by atoms with Crippen LogP contribution in [0.25, 0.3) is 0 Å². The number of benzene rings is 1. The molecule has 0 bridgehead atoms. The van der Waals surface area contributed by atoms with Crippen LogP contribution in [-0.2, 0) is 13.0 Å². The molecule has 0 amide bonds. The third-order valence-corrected chi connectivity index (χ3v) is 2.91. The Hall–Kier alpha value is -0.820. The van der Waals surface area contributed by atoms with E-state index in [9.17, 15) is 0 Å². The lowest BCUT2D eigenvalue weighted by Crippen LogP contribution is -2.26. The summed E-state index contributed by atoms with van der Waals surface area (Å²) >= 11 is 0. The van der Waals surface area contributed by atoms with Gasteiger partial charge in [0.25, 0.3) is 0 Å². The van der Waals surface area contributed by atoms with E-state index in [1.165, 1.54) is 17.5 Å². The summed E-state index contributed by atoms with van der Waals surface area (Å²) in [7, 11) is 0. The molecule has 0 radical (unpaired) electrons. The highest BCUT2D eigenvalue weighted by Crippen LogP contribution is 2.07. The molecule has 0 aliphatic carbocycles. The summed E-state index contributed by atoms with van der Waals surface area (Å²) in [6.07, 6.45) is 2.37. The summed E-state index contributed by atoms with van der Waals surface area (Å²) in [6, 6.07) is 9.52. The van der Waals surface area contributed by atoms with E-state index in [-0.39, 0.29) is 0 Å². The quantitative estimate of drug-likeness (QED) is 0.768.